The van der Waals surface area contributed by atoms with Gasteiger partial charge in [-0.3, -0.25) is 9.59 Å². The molecule has 0 saturated carbocycles. The Morgan fingerprint density at radius 3 is 2.52 bits per heavy atom. The normalized spacial score (nSPS) is 26.1. The Balaban J connectivity index is 0.00000544. The van der Waals surface area contributed by atoms with Gasteiger partial charge in [0.15, 0.2) is 0 Å². The van der Waals surface area contributed by atoms with Crippen LogP contribution in [0.3, 0.4) is 0 Å². The molecule has 1 saturated heterocycles. The molecule has 0 bridgehead atoms. The molecule has 0 radical (unpaired) electrons. The molecule has 1 aliphatic rings. The van der Waals surface area contributed by atoms with E-state index in [0.717, 1.165) is 6.92 Å². The molecular weight excluding hydrogens is 447 g/mol. The number of nitrogens with one attached hydrogen (secondary N) is 2. The van der Waals surface area contributed by atoms with Crippen molar-refractivity contribution in [3.63, 3.8) is 0 Å². The van der Waals surface area contributed by atoms with Gasteiger partial charge in [-0.15, -0.1) is 6.42 Å². The fraction of sp³-hybridized carbons (Fsp3) is 0.476. The van der Waals surface area contributed by atoms with Crippen LogP contribution in [0.4, 0.5) is 0 Å². The number of benzene rings is 1. The van der Waals surface area contributed by atoms with E-state index in [0.29, 0.717) is 5.56 Å². The molecule has 1 unspecified atom stereocenters. The number of aliphatic carboxylic acids is 1. The fourth-order valence-corrected chi connectivity index (χ4v) is 3.33. The molecule has 5 N–H and O–H groups in total. The third kappa shape index (κ3) is 7.49. The van der Waals surface area contributed by atoms with E-state index in [1.165, 1.54) is 0 Å². The molecule has 0 spiro atoms. The van der Waals surface area contributed by atoms with Crippen LogP contribution in [-0.2, 0) is 19.1 Å². The van der Waals surface area contributed by atoms with Crippen LogP contribution in [-0.4, -0.2) is 82.5 Å². The number of aliphatic hydroxyl groups excluding tert-OH is 3. The molecule has 6 atom stereocenters. The van der Waals surface area contributed by atoms with E-state index >= 15 is 0 Å². The molecular formula is C21H25N2NaO9. The van der Waals surface area contributed by atoms with Gasteiger partial charge in [0.1, 0.15) is 24.8 Å². The van der Waals surface area contributed by atoms with Crippen LogP contribution in [0.1, 0.15) is 23.7 Å². The number of hydrogen-bond acceptors (Lipinski definition) is 9. The van der Waals surface area contributed by atoms with Gasteiger partial charge in [-0.25, -0.2) is 0 Å². The Morgan fingerprint density at radius 1 is 1.33 bits per heavy atom. The van der Waals surface area contributed by atoms with E-state index in [-0.39, 0.29) is 29.6 Å². The molecule has 33 heavy (non-hydrogen) atoms. The van der Waals surface area contributed by atoms with Crippen LogP contribution in [0.25, 0.3) is 0 Å². The van der Waals surface area contributed by atoms with Gasteiger partial charge >= 0.3 is 29.6 Å². The van der Waals surface area contributed by atoms with Crippen molar-refractivity contribution in [1.29, 1.82) is 0 Å². The van der Waals surface area contributed by atoms with Gasteiger partial charge < -0.3 is 45.3 Å². The molecule has 2 rings (SSSR count). The van der Waals surface area contributed by atoms with E-state index in [2.05, 4.69) is 16.6 Å². The third-order valence-electron chi connectivity index (χ3n) is 4.88. The number of carbonyl (C=O) groups excluding carboxylic acids is 3. The topological polar surface area (TPSA) is 177 Å². The molecule has 1 aromatic carbocycles. The Bertz CT molecular complexity index is 863. The van der Waals surface area contributed by atoms with Gasteiger partial charge in [-0.2, -0.15) is 0 Å². The number of rotatable bonds is 9. The minimum Gasteiger partial charge on any atom is -0.544 e. The Kier molecular flexibility index (Phi) is 11.5. The number of carbonyl (C=O) groups is 3. The van der Waals surface area contributed by atoms with Crippen LogP contribution in [0.2, 0.25) is 0 Å². The summed E-state index contributed by atoms with van der Waals surface area (Å²) in [6.45, 7) is 0.188. The first-order valence-electron chi connectivity index (χ1n) is 9.72. The minimum absolute atomic E-state index is 0. The van der Waals surface area contributed by atoms with Crippen LogP contribution in [0.15, 0.2) is 30.3 Å². The number of carboxylic acids is 1. The van der Waals surface area contributed by atoms with Gasteiger partial charge in [0, 0.05) is 25.5 Å². The standard InChI is InChI=1S/C21H26N2O9.Na/c1-3-9-31-21(20(29)30)10-14(25)16(23-12(2)24)18(32-21)17(27)15(26)11-22-19(28)13-7-5-4-6-8-13;/h1,4-8,14-18,25-27H,9-11H2,2H3,(H,22,28)(H,23,24)(H,29,30);/q;+1/p-1/t14-,15+,16+,17+,18?,21+;/m0./s1. The maximum Gasteiger partial charge on any atom is 1.00 e. The number of ether oxygens (including phenoxy) is 2. The van der Waals surface area contributed by atoms with Gasteiger partial charge in [0.25, 0.3) is 5.91 Å². The van der Waals surface area contributed by atoms with Gasteiger partial charge in [0.2, 0.25) is 11.7 Å². The van der Waals surface area contributed by atoms with Crippen molar-refractivity contribution in [3.05, 3.63) is 35.9 Å². The predicted molar refractivity (Wildman–Crippen MR) is 106 cm³/mol. The molecule has 2 amide bonds. The molecule has 0 aliphatic carbocycles. The summed E-state index contributed by atoms with van der Waals surface area (Å²) >= 11 is 0. The summed E-state index contributed by atoms with van der Waals surface area (Å²) in [6, 6.07) is 6.79. The second-order valence-corrected chi connectivity index (χ2v) is 7.25. The number of terminal acetylenes is 1. The van der Waals surface area contributed by atoms with Gasteiger partial charge in [-0.1, -0.05) is 24.1 Å². The first kappa shape index (κ1) is 29.0. The number of hydrogen-bond donors (Lipinski definition) is 5. The summed E-state index contributed by atoms with van der Waals surface area (Å²) in [5.41, 5.74) is 0.313. The van der Waals surface area contributed by atoms with E-state index in [9.17, 15) is 34.8 Å². The van der Waals surface area contributed by atoms with Crippen LogP contribution in [0.5, 0.6) is 0 Å². The van der Waals surface area contributed by atoms with Crippen molar-refractivity contribution in [2.45, 2.75) is 49.6 Å². The maximum atomic E-state index is 12.2. The second kappa shape index (κ2) is 13.0. The summed E-state index contributed by atoms with van der Waals surface area (Å²) in [7, 11) is 0. The average Bonchev–Trinajstić information content (AvgIpc) is 2.77. The molecule has 1 fully saturated rings. The van der Waals surface area contributed by atoms with E-state index in [4.69, 9.17) is 15.9 Å². The zero-order chi connectivity index (χ0) is 23.9. The van der Waals surface area contributed by atoms with Gasteiger partial charge in [-0.05, 0) is 12.1 Å². The van der Waals surface area contributed by atoms with Crippen LogP contribution >= 0.6 is 0 Å². The van der Waals surface area contributed by atoms with Crippen LogP contribution < -0.4 is 45.3 Å². The van der Waals surface area contributed by atoms with Crippen molar-refractivity contribution in [2.75, 3.05) is 13.2 Å². The molecule has 11 nitrogen and oxygen atoms in total. The van der Waals surface area contributed by atoms with Crippen LogP contribution in [0, 0.1) is 12.3 Å². The smallest absolute Gasteiger partial charge is 0.544 e. The number of carboxylic acid groups (broad SMARTS) is 1. The quantitative estimate of drug-likeness (QED) is 0.173. The Hall–Kier alpha value is -2.01. The Morgan fingerprint density at radius 2 is 1.97 bits per heavy atom. The zero-order valence-corrected chi connectivity index (χ0v) is 20.3. The second-order valence-electron chi connectivity index (χ2n) is 7.25. The van der Waals surface area contributed by atoms with E-state index in [1.807, 2.05) is 0 Å². The molecule has 1 aromatic rings. The summed E-state index contributed by atoms with van der Waals surface area (Å²) in [5, 5.41) is 48.1. The molecule has 0 aromatic heterocycles. The van der Waals surface area contributed by atoms with E-state index in [1.54, 1.807) is 30.3 Å². The van der Waals surface area contributed by atoms with Crippen molar-refractivity contribution in [3.8, 4) is 12.3 Å². The third-order valence-corrected chi connectivity index (χ3v) is 4.88. The van der Waals surface area contributed by atoms with E-state index < -0.39 is 73.6 Å². The zero-order valence-electron chi connectivity index (χ0n) is 18.3. The fourth-order valence-electron chi connectivity index (χ4n) is 3.33. The average molecular weight is 472 g/mol. The van der Waals surface area contributed by atoms with Crippen molar-refractivity contribution >= 4 is 17.8 Å². The largest absolute Gasteiger partial charge is 1.00 e. The summed E-state index contributed by atoms with van der Waals surface area (Å²) in [6.07, 6.45) is -2.30. The van der Waals surface area contributed by atoms with Crippen molar-refractivity contribution in [2.24, 2.45) is 0 Å². The summed E-state index contributed by atoms with van der Waals surface area (Å²) in [5.74, 6) is -3.46. The monoisotopic (exact) mass is 472 g/mol. The van der Waals surface area contributed by atoms with Gasteiger partial charge in [0.05, 0.1) is 18.2 Å². The summed E-state index contributed by atoms with van der Waals surface area (Å²) < 4.78 is 10.5. The first-order chi connectivity index (χ1) is 15.1. The number of amides is 2. The van der Waals surface area contributed by atoms with Crippen molar-refractivity contribution < 1.29 is 73.8 Å². The number of aliphatic hydroxyl groups is 3. The molecule has 174 valence electrons. The van der Waals surface area contributed by atoms with Crippen molar-refractivity contribution in [1.82, 2.24) is 10.6 Å². The maximum absolute atomic E-state index is 12.2. The SMILES string of the molecule is C#CCO[C@]1(C(=O)[O-])C[C@H](O)[C@@H](NC(C)=O)C([C@H](O)[C@H](O)CNC(=O)c2ccccc2)O1.[Na+]. The minimum atomic E-state index is -2.53. The molecule has 1 heterocycles. The first-order valence-corrected chi connectivity index (χ1v) is 9.72. The Labute approximate surface area is 212 Å². The predicted octanol–water partition coefficient (Wildman–Crippen LogP) is -6.11. The summed E-state index contributed by atoms with van der Waals surface area (Å²) in [4.78, 5) is 35.5. The molecule has 12 heteroatoms. The molecule has 1 aliphatic heterocycles.